The van der Waals surface area contributed by atoms with Crippen LogP contribution in [-0.2, 0) is 14.3 Å². The quantitative estimate of drug-likeness (QED) is 0.0504. The third-order valence-electron chi connectivity index (χ3n) is 11.4. The standard InChI is InChI=1S/C51H88N2O6/c1-4-6-8-10-12-14-16-18-20-22-24-26-28-30-32-36-42-51(43-37-33-31-29-27-25-23-21-19-17-15-13-11-9-7-5-2)57-46-47(58-51)45-52(3)44-38-34-35-39-50(56)59-53-48(54)40-41-49(53)55/h12-15,18-21,40-41,47,54-55H,4-11,16-17,22-39,42-46H2,1-3H3. The number of carbonyl (C=O) groups is 1. The first-order valence-corrected chi connectivity index (χ1v) is 24.3. The van der Waals surface area contributed by atoms with Gasteiger partial charge in [0.2, 0.25) is 11.8 Å². The van der Waals surface area contributed by atoms with Gasteiger partial charge in [0.25, 0.3) is 0 Å². The lowest BCUT2D eigenvalue weighted by molar-refractivity contribution is -0.180. The van der Waals surface area contributed by atoms with Crippen LogP contribution >= 0.6 is 0 Å². The number of likely N-dealkylation sites (N-methyl/N-ethyl adjacent to an activating group) is 1. The average molecular weight is 825 g/mol. The maximum atomic E-state index is 12.1. The average Bonchev–Trinajstić information content (AvgIpc) is 3.77. The van der Waals surface area contributed by atoms with Crippen LogP contribution in [0.2, 0.25) is 0 Å². The summed E-state index contributed by atoms with van der Waals surface area (Å²) in [7, 11) is 2.14. The van der Waals surface area contributed by atoms with Gasteiger partial charge in [0, 0.05) is 37.9 Å². The van der Waals surface area contributed by atoms with Gasteiger partial charge >= 0.3 is 5.97 Å². The molecule has 2 rings (SSSR count). The van der Waals surface area contributed by atoms with Crippen LogP contribution in [-0.4, -0.2) is 64.4 Å². The van der Waals surface area contributed by atoms with Crippen molar-refractivity contribution in [3.63, 3.8) is 0 Å². The summed E-state index contributed by atoms with van der Waals surface area (Å²) in [5.74, 6) is -1.53. The number of rotatable bonds is 39. The molecule has 1 aromatic heterocycles. The number of ether oxygens (including phenoxy) is 2. The third kappa shape index (κ3) is 27.6. The molecule has 1 aliphatic rings. The molecule has 59 heavy (non-hydrogen) atoms. The lowest BCUT2D eigenvalue weighted by atomic mass is 9.98. The van der Waals surface area contributed by atoms with E-state index in [-0.39, 0.29) is 24.3 Å². The van der Waals surface area contributed by atoms with Crippen molar-refractivity contribution in [3.05, 3.63) is 60.7 Å². The Labute approximate surface area is 361 Å². The monoisotopic (exact) mass is 825 g/mol. The number of carbonyl (C=O) groups excluding carboxylic acids is 1. The molecular formula is C51H88N2O6. The highest BCUT2D eigenvalue weighted by atomic mass is 16.7. The smallest absolute Gasteiger partial charge is 0.333 e. The highest BCUT2D eigenvalue weighted by Crippen LogP contribution is 2.35. The van der Waals surface area contributed by atoms with E-state index in [1.807, 2.05) is 0 Å². The highest BCUT2D eigenvalue weighted by Gasteiger charge is 2.40. The van der Waals surface area contributed by atoms with E-state index in [0.717, 1.165) is 69.2 Å². The first kappa shape index (κ1) is 52.3. The molecule has 2 heterocycles. The van der Waals surface area contributed by atoms with E-state index in [4.69, 9.17) is 14.3 Å². The van der Waals surface area contributed by atoms with E-state index < -0.39 is 11.8 Å². The summed E-state index contributed by atoms with van der Waals surface area (Å²) in [6, 6.07) is 2.55. The van der Waals surface area contributed by atoms with Gasteiger partial charge in [-0.3, -0.25) is 0 Å². The number of hydrogen-bond donors (Lipinski definition) is 2. The van der Waals surface area contributed by atoms with Gasteiger partial charge in [-0.05, 0) is 103 Å². The summed E-state index contributed by atoms with van der Waals surface area (Å²) in [5.41, 5.74) is 0. The van der Waals surface area contributed by atoms with Gasteiger partial charge in [0.05, 0.1) is 12.7 Å². The Hall–Kier alpha value is -2.81. The van der Waals surface area contributed by atoms with E-state index in [1.54, 1.807) is 0 Å². The van der Waals surface area contributed by atoms with Crippen molar-refractivity contribution in [3.8, 4) is 11.8 Å². The van der Waals surface area contributed by atoms with Crippen molar-refractivity contribution in [2.75, 3.05) is 26.7 Å². The van der Waals surface area contributed by atoms with Crippen LogP contribution in [0.5, 0.6) is 11.8 Å². The van der Waals surface area contributed by atoms with Crippen molar-refractivity contribution >= 4 is 5.97 Å². The van der Waals surface area contributed by atoms with Gasteiger partial charge in [-0.1, -0.05) is 146 Å². The summed E-state index contributed by atoms with van der Waals surface area (Å²) in [6.45, 7) is 6.92. The summed E-state index contributed by atoms with van der Waals surface area (Å²) in [4.78, 5) is 19.5. The lowest BCUT2D eigenvalue weighted by Gasteiger charge is -2.29. The normalized spacial score (nSPS) is 17.3. The second-order valence-electron chi connectivity index (χ2n) is 17.0. The molecule has 0 saturated carbocycles. The van der Waals surface area contributed by atoms with Crippen LogP contribution in [0, 0.1) is 0 Å². The second kappa shape index (κ2) is 35.9. The van der Waals surface area contributed by atoms with Crippen LogP contribution in [0.15, 0.2) is 60.7 Å². The van der Waals surface area contributed by atoms with Gasteiger partial charge in [-0.25, -0.2) is 4.79 Å². The molecule has 1 unspecified atom stereocenters. The van der Waals surface area contributed by atoms with Crippen LogP contribution in [0.4, 0.5) is 0 Å². The first-order chi connectivity index (χ1) is 28.9. The topological polar surface area (TPSA) is 93.4 Å². The molecule has 0 amide bonds. The fourth-order valence-corrected chi connectivity index (χ4v) is 7.77. The molecule has 0 bridgehead atoms. The van der Waals surface area contributed by atoms with Crippen molar-refractivity contribution in [1.82, 2.24) is 9.63 Å². The van der Waals surface area contributed by atoms with Crippen LogP contribution in [0.3, 0.4) is 0 Å². The van der Waals surface area contributed by atoms with Crippen molar-refractivity contribution in [2.45, 2.75) is 218 Å². The van der Waals surface area contributed by atoms with E-state index in [2.05, 4.69) is 74.4 Å². The fraction of sp³-hybridized carbons (Fsp3) is 0.745. The number of hydrogen-bond acceptors (Lipinski definition) is 7. The van der Waals surface area contributed by atoms with Gasteiger partial charge in [0.1, 0.15) is 0 Å². The predicted octanol–water partition coefficient (Wildman–Crippen LogP) is 13.9. The zero-order valence-electron chi connectivity index (χ0n) is 38.1. The van der Waals surface area contributed by atoms with Crippen LogP contribution in [0.25, 0.3) is 0 Å². The molecule has 1 fully saturated rings. The number of allylic oxidation sites excluding steroid dienone is 8. The molecule has 0 spiro atoms. The molecule has 338 valence electrons. The Morgan fingerprint density at radius 2 is 1.10 bits per heavy atom. The summed E-state index contributed by atoms with van der Waals surface area (Å²) in [6.07, 6.45) is 53.5. The zero-order chi connectivity index (χ0) is 42.5. The maximum Gasteiger partial charge on any atom is 0.333 e. The Bertz CT molecular complexity index is 1200. The van der Waals surface area contributed by atoms with Crippen molar-refractivity contribution < 1.29 is 29.3 Å². The first-order valence-electron chi connectivity index (χ1n) is 24.3. The molecule has 1 saturated heterocycles. The van der Waals surface area contributed by atoms with Crippen molar-refractivity contribution in [1.29, 1.82) is 0 Å². The Balaban J connectivity index is 1.66. The number of unbranched alkanes of at least 4 members (excludes halogenated alkanes) is 20. The van der Waals surface area contributed by atoms with Crippen LogP contribution < -0.4 is 4.84 Å². The minimum absolute atomic E-state index is 0.0751. The maximum absolute atomic E-state index is 12.1. The molecule has 0 radical (unpaired) electrons. The minimum atomic E-state index is -0.479. The van der Waals surface area contributed by atoms with Gasteiger partial charge in [0.15, 0.2) is 5.79 Å². The Morgan fingerprint density at radius 3 is 1.59 bits per heavy atom. The Morgan fingerprint density at radius 1 is 0.661 bits per heavy atom. The summed E-state index contributed by atoms with van der Waals surface area (Å²) < 4.78 is 14.1. The summed E-state index contributed by atoms with van der Waals surface area (Å²) >= 11 is 0. The molecular weight excluding hydrogens is 737 g/mol. The van der Waals surface area contributed by atoms with Gasteiger partial charge in [-0.2, -0.15) is 0 Å². The van der Waals surface area contributed by atoms with E-state index in [1.165, 1.54) is 141 Å². The van der Waals surface area contributed by atoms with Gasteiger partial charge < -0.3 is 29.4 Å². The SMILES string of the molecule is CCCCCC=CCC=CCCCCCCCCC1(CCCCCCCCC=CCC=CCCCCC)OCC(CN(C)CCCCCC(=O)On2c(O)ccc2O)O1. The molecule has 0 aliphatic carbocycles. The van der Waals surface area contributed by atoms with E-state index >= 15 is 0 Å². The number of aromatic nitrogens is 1. The van der Waals surface area contributed by atoms with Crippen LogP contribution in [0.1, 0.15) is 206 Å². The third-order valence-corrected chi connectivity index (χ3v) is 11.4. The largest absolute Gasteiger partial charge is 0.492 e. The van der Waals surface area contributed by atoms with Crippen molar-refractivity contribution in [2.24, 2.45) is 0 Å². The lowest BCUT2D eigenvalue weighted by Crippen LogP contribution is -2.35. The fourth-order valence-electron chi connectivity index (χ4n) is 7.77. The molecule has 1 aliphatic heterocycles. The Kier molecular flexibility index (Phi) is 31.8. The molecule has 1 aromatic rings. The molecule has 1 atom stereocenters. The minimum Gasteiger partial charge on any atom is -0.492 e. The van der Waals surface area contributed by atoms with E-state index in [9.17, 15) is 15.0 Å². The number of nitrogens with zero attached hydrogens (tertiary/aromatic N) is 2. The number of aromatic hydroxyl groups is 2. The second-order valence-corrected chi connectivity index (χ2v) is 17.0. The summed E-state index contributed by atoms with van der Waals surface area (Å²) in [5, 5.41) is 19.4. The molecule has 0 aromatic carbocycles. The predicted molar refractivity (Wildman–Crippen MR) is 247 cm³/mol. The zero-order valence-corrected chi connectivity index (χ0v) is 38.1. The molecule has 2 N–H and O–H groups in total. The van der Waals surface area contributed by atoms with E-state index in [0.29, 0.717) is 13.0 Å². The van der Waals surface area contributed by atoms with Gasteiger partial charge in [-0.15, -0.1) is 4.73 Å². The molecule has 8 heteroatoms. The molecule has 8 nitrogen and oxygen atoms in total. The highest BCUT2D eigenvalue weighted by molar-refractivity contribution is 5.69.